The Kier molecular flexibility index (Phi) is 7.22. The average Bonchev–Trinajstić information content (AvgIpc) is 2.73. The van der Waals surface area contributed by atoms with Crippen molar-refractivity contribution in [2.24, 2.45) is 0 Å². The van der Waals surface area contributed by atoms with Gasteiger partial charge in [-0.25, -0.2) is 4.79 Å². The lowest BCUT2D eigenvalue weighted by Crippen LogP contribution is -2.51. The summed E-state index contributed by atoms with van der Waals surface area (Å²) in [5.74, 6) is 0.780. The Balaban J connectivity index is 1.70. The molecule has 0 bridgehead atoms. The number of ether oxygens (including phenoxy) is 1. The van der Waals surface area contributed by atoms with Gasteiger partial charge >= 0.3 is 6.03 Å². The van der Waals surface area contributed by atoms with Crippen LogP contribution in [0.1, 0.15) is 24.5 Å². The van der Waals surface area contributed by atoms with Crippen molar-refractivity contribution in [1.29, 1.82) is 0 Å². The Morgan fingerprint density at radius 1 is 1.29 bits per heavy atom. The van der Waals surface area contributed by atoms with Gasteiger partial charge in [0.2, 0.25) is 0 Å². The van der Waals surface area contributed by atoms with Gasteiger partial charge in [0.25, 0.3) is 0 Å². The van der Waals surface area contributed by atoms with Gasteiger partial charge in [0.1, 0.15) is 5.75 Å². The van der Waals surface area contributed by atoms with Crippen LogP contribution in [0.2, 0.25) is 0 Å². The van der Waals surface area contributed by atoms with Crippen LogP contribution in [0, 0.1) is 0 Å². The van der Waals surface area contributed by atoms with Crippen LogP contribution >= 0.6 is 0 Å². The Morgan fingerprint density at radius 3 is 2.79 bits per heavy atom. The standard InChI is InChI=1S/C21H28N4O3/c1-28-17-8-9-19(22-14-17)18-15-25(11-5-13-26)12-10-20(18)24-21(27)23-16-6-3-2-4-7-16/h2-4,6-9,14,18,20,26H,5,10-13,15H2,1H3,(H2,23,24,27). The molecule has 0 saturated carbocycles. The molecule has 2 aromatic rings. The van der Waals surface area contributed by atoms with Crippen LogP contribution in [0.3, 0.4) is 0 Å². The number of hydrogen-bond acceptors (Lipinski definition) is 5. The molecule has 2 unspecified atom stereocenters. The maximum atomic E-state index is 12.5. The van der Waals surface area contributed by atoms with Gasteiger partial charge < -0.3 is 25.4 Å². The average molecular weight is 384 g/mol. The first kappa shape index (κ1) is 20.1. The molecule has 0 aliphatic carbocycles. The first-order valence-electron chi connectivity index (χ1n) is 9.65. The number of aromatic nitrogens is 1. The number of urea groups is 1. The number of para-hydroxylation sites is 1. The molecule has 1 aliphatic rings. The molecule has 2 amide bonds. The van der Waals surface area contributed by atoms with E-state index in [1.807, 2.05) is 42.5 Å². The highest BCUT2D eigenvalue weighted by Crippen LogP contribution is 2.27. The molecule has 1 aromatic carbocycles. The van der Waals surface area contributed by atoms with E-state index in [9.17, 15) is 4.79 Å². The van der Waals surface area contributed by atoms with Crippen LogP contribution in [0.4, 0.5) is 10.5 Å². The number of piperidine rings is 1. The fourth-order valence-corrected chi connectivity index (χ4v) is 3.58. The fourth-order valence-electron chi connectivity index (χ4n) is 3.58. The van der Waals surface area contributed by atoms with E-state index < -0.39 is 0 Å². The summed E-state index contributed by atoms with van der Waals surface area (Å²) < 4.78 is 5.21. The number of nitrogens with zero attached hydrogens (tertiary/aromatic N) is 2. The molecule has 1 aromatic heterocycles. The minimum absolute atomic E-state index is 0.0185. The van der Waals surface area contributed by atoms with Gasteiger partial charge in [-0.3, -0.25) is 4.98 Å². The van der Waals surface area contributed by atoms with E-state index in [4.69, 9.17) is 9.84 Å². The summed E-state index contributed by atoms with van der Waals surface area (Å²) in [4.78, 5) is 19.4. The van der Waals surface area contributed by atoms with Crippen LogP contribution in [-0.4, -0.2) is 60.4 Å². The van der Waals surface area contributed by atoms with E-state index >= 15 is 0 Å². The number of carbonyl (C=O) groups is 1. The Morgan fingerprint density at radius 2 is 2.11 bits per heavy atom. The van der Waals surface area contributed by atoms with E-state index in [0.717, 1.165) is 43.9 Å². The smallest absolute Gasteiger partial charge is 0.319 e. The predicted molar refractivity (Wildman–Crippen MR) is 109 cm³/mol. The monoisotopic (exact) mass is 384 g/mol. The molecule has 28 heavy (non-hydrogen) atoms. The van der Waals surface area contributed by atoms with Crippen molar-refractivity contribution in [3.05, 3.63) is 54.4 Å². The number of amides is 2. The van der Waals surface area contributed by atoms with E-state index in [-0.39, 0.29) is 24.6 Å². The summed E-state index contributed by atoms with van der Waals surface area (Å²) in [5, 5.41) is 15.1. The molecule has 3 N–H and O–H groups in total. The highest BCUT2D eigenvalue weighted by molar-refractivity contribution is 5.89. The number of pyridine rings is 1. The van der Waals surface area contributed by atoms with Crippen molar-refractivity contribution in [1.82, 2.24) is 15.2 Å². The molecular formula is C21H28N4O3. The number of nitrogens with one attached hydrogen (secondary N) is 2. The number of benzene rings is 1. The normalized spacial score (nSPS) is 19.8. The van der Waals surface area contributed by atoms with Crippen molar-refractivity contribution in [3.8, 4) is 5.75 Å². The van der Waals surface area contributed by atoms with Gasteiger partial charge in [-0.15, -0.1) is 0 Å². The third kappa shape index (κ3) is 5.43. The topological polar surface area (TPSA) is 86.7 Å². The molecular weight excluding hydrogens is 356 g/mol. The second-order valence-corrected chi connectivity index (χ2v) is 6.97. The summed E-state index contributed by atoms with van der Waals surface area (Å²) in [5.41, 5.74) is 1.69. The van der Waals surface area contributed by atoms with Gasteiger partial charge in [0.05, 0.1) is 13.3 Å². The van der Waals surface area contributed by atoms with Gasteiger partial charge in [-0.2, -0.15) is 0 Å². The number of likely N-dealkylation sites (tertiary alicyclic amines) is 1. The second-order valence-electron chi connectivity index (χ2n) is 6.97. The maximum absolute atomic E-state index is 12.5. The van der Waals surface area contributed by atoms with Gasteiger partial charge in [0.15, 0.2) is 0 Å². The zero-order chi connectivity index (χ0) is 19.8. The molecule has 2 heterocycles. The lowest BCUT2D eigenvalue weighted by molar-refractivity contribution is 0.159. The van der Waals surface area contributed by atoms with Crippen molar-refractivity contribution in [2.45, 2.75) is 24.8 Å². The fraction of sp³-hybridized carbons (Fsp3) is 0.429. The quantitative estimate of drug-likeness (QED) is 0.683. The zero-order valence-electron chi connectivity index (χ0n) is 16.2. The van der Waals surface area contributed by atoms with Crippen LogP contribution in [-0.2, 0) is 0 Å². The van der Waals surface area contributed by atoms with Gasteiger partial charge in [0, 0.05) is 49.6 Å². The minimum Gasteiger partial charge on any atom is -0.495 e. The van der Waals surface area contributed by atoms with Crippen LogP contribution in [0.25, 0.3) is 0 Å². The molecule has 0 spiro atoms. The summed E-state index contributed by atoms with van der Waals surface area (Å²) >= 11 is 0. The van der Waals surface area contributed by atoms with Crippen molar-refractivity contribution in [2.75, 3.05) is 38.7 Å². The molecule has 2 atom stereocenters. The highest BCUT2D eigenvalue weighted by Gasteiger charge is 2.32. The number of carbonyl (C=O) groups excluding carboxylic acids is 1. The van der Waals surface area contributed by atoms with E-state index in [2.05, 4.69) is 20.5 Å². The Labute approximate surface area is 165 Å². The SMILES string of the molecule is COc1ccc(C2CN(CCCO)CCC2NC(=O)Nc2ccccc2)nc1. The van der Waals surface area contributed by atoms with Gasteiger partial charge in [-0.1, -0.05) is 18.2 Å². The molecule has 150 valence electrons. The molecule has 7 heteroatoms. The zero-order valence-corrected chi connectivity index (χ0v) is 16.2. The molecule has 1 fully saturated rings. The summed E-state index contributed by atoms with van der Waals surface area (Å²) in [6, 6.07) is 13.0. The third-order valence-electron chi connectivity index (χ3n) is 5.05. The Hall–Kier alpha value is -2.64. The number of rotatable bonds is 7. The summed E-state index contributed by atoms with van der Waals surface area (Å²) in [6.45, 7) is 2.69. The highest BCUT2D eigenvalue weighted by atomic mass is 16.5. The van der Waals surface area contributed by atoms with Crippen LogP contribution < -0.4 is 15.4 Å². The lowest BCUT2D eigenvalue weighted by Gasteiger charge is -2.38. The van der Waals surface area contributed by atoms with Crippen LogP contribution in [0.5, 0.6) is 5.75 Å². The van der Waals surface area contributed by atoms with Gasteiger partial charge in [-0.05, 0) is 37.1 Å². The molecule has 0 radical (unpaired) electrons. The minimum atomic E-state index is -0.210. The van der Waals surface area contributed by atoms with Crippen molar-refractivity contribution >= 4 is 11.7 Å². The number of aliphatic hydroxyl groups is 1. The van der Waals surface area contributed by atoms with Crippen molar-refractivity contribution < 1.29 is 14.6 Å². The largest absolute Gasteiger partial charge is 0.495 e. The third-order valence-corrected chi connectivity index (χ3v) is 5.05. The lowest BCUT2D eigenvalue weighted by atomic mass is 9.88. The molecule has 1 saturated heterocycles. The molecule has 7 nitrogen and oxygen atoms in total. The molecule has 3 rings (SSSR count). The number of aliphatic hydroxyl groups excluding tert-OH is 1. The van der Waals surface area contributed by atoms with Crippen LogP contribution in [0.15, 0.2) is 48.7 Å². The molecule has 1 aliphatic heterocycles. The number of hydrogen-bond donors (Lipinski definition) is 3. The Bertz CT molecular complexity index is 739. The first-order chi connectivity index (χ1) is 13.7. The summed E-state index contributed by atoms with van der Waals surface area (Å²) in [6.07, 6.45) is 3.28. The predicted octanol–water partition coefficient (Wildman–Crippen LogP) is 2.45. The maximum Gasteiger partial charge on any atom is 0.319 e. The number of methoxy groups -OCH3 is 1. The van der Waals surface area contributed by atoms with E-state index in [0.29, 0.717) is 5.75 Å². The van der Waals surface area contributed by atoms with Crippen molar-refractivity contribution in [3.63, 3.8) is 0 Å². The second kappa shape index (κ2) is 10.1. The van der Waals surface area contributed by atoms with E-state index in [1.165, 1.54) is 0 Å². The van der Waals surface area contributed by atoms with E-state index in [1.54, 1.807) is 13.3 Å². The first-order valence-corrected chi connectivity index (χ1v) is 9.65. The summed E-state index contributed by atoms with van der Waals surface area (Å²) in [7, 11) is 1.62. The number of anilines is 1.